The Kier molecular flexibility index (Phi) is 7.22. The molecular weight excluding hydrogens is 296 g/mol. The Morgan fingerprint density at radius 1 is 1.06 bits per heavy atom. The molecule has 17 heavy (non-hydrogen) atoms. The number of hydrogen-bond acceptors (Lipinski definition) is 0. The van der Waals surface area contributed by atoms with Crippen molar-refractivity contribution in [3.63, 3.8) is 0 Å². The van der Waals surface area contributed by atoms with Gasteiger partial charge in [0, 0.05) is 9.85 Å². The lowest BCUT2D eigenvalue weighted by atomic mass is 9.91. The lowest BCUT2D eigenvalue weighted by molar-refractivity contribution is 0.418. The normalized spacial score (nSPS) is 13.0. The monoisotopic (exact) mass is 316 g/mol. The van der Waals surface area contributed by atoms with E-state index in [1.807, 2.05) is 0 Å². The van der Waals surface area contributed by atoms with Gasteiger partial charge >= 0.3 is 0 Å². The van der Waals surface area contributed by atoms with E-state index >= 15 is 0 Å². The van der Waals surface area contributed by atoms with Crippen molar-refractivity contribution >= 4 is 27.5 Å². The zero-order chi connectivity index (χ0) is 12.7. The Bertz CT molecular complexity index is 301. The van der Waals surface area contributed by atoms with E-state index in [1.54, 1.807) is 0 Å². The fraction of sp³-hybridized carbons (Fsp3) is 0.600. The van der Waals surface area contributed by atoms with E-state index in [2.05, 4.69) is 54.0 Å². The predicted octanol–water partition coefficient (Wildman–Crippen LogP) is 5.82. The molecule has 0 aliphatic carbocycles. The highest BCUT2D eigenvalue weighted by Crippen LogP contribution is 2.25. The molecule has 0 radical (unpaired) electrons. The van der Waals surface area contributed by atoms with Crippen LogP contribution in [0.3, 0.4) is 0 Å². The average Bonchev–Trinajstić information content (AvgIpc) is 2.32. The van der Waals surface area contributed by atoms with Crippen LogP contribution >= 0.6 is 27.5 Å². The second-order valence-corrected chi connectivity index (χ2v) is 6.16. The summed E-state index contributed by atoms with van der Waals surface area (Å²) in [5.74, 6) is 0.662. The Balaban J connectivity index is 2.55. The molecule has 0 fully saturated rings. The fourth-order valence-electron chi connectivity index (χ4n) is 2.26. The van der Waals surface area contributed by atoms with Crippen molar-refractivity contribution in [2.75, 3.05) is 0 Å². The summed E-state index contributed by atoms with van der Waals surface area (Å²) < 4.78 is 1.13. The minimum Gasteiger partial charge on any atom is -0.122 e. The molecule has 0 heterocycles. The molecule has 0 aromatic heterocycles. The van der Waals surface area contributed by atoms with Crippen molar-refractivity contribution in [2.45, 2.75) is 51.3 Å². The molecule has 0 aliphatic rings. The first-order chi connectivity index (χ1) is 8.17. The van der Waals surface area contributed by atoms with Gasteiger partial charge in [-0.3, -0.25) is 0 Å². The van der Waals surface area contributed by atoms with Crippen molar-refractivity contribution in [1.29, 1.82) is 0 Å². The molecule has 1 unspecified atom stereocenters. The summed E-state index contributed by atoms with van der Waals surface area (Å²) in [6.07, 6.45) is 5.94. The summed E-state index contributed by atoms with van der Waals surface area (Å²) in [7, 11) is 0. The Labute approximate surface area is 119 Å². The highest BCUT2D eigenvalue weighted by Gasteiger charge is 2.17. The molecular formula is C15H22BrCl. The smallest absolute Gasteiger partial charge is 0.0404 e. The van der Waals surface area contributed by atoms with Gasteiger partial charge in [0.05, 0.1) is 0 Å². The Hall–Kier alpha value is -0.0100. The Morgan fingerprint density at radius 3 is 2.06 bits per heavy atom. The van der Waals surface area contributed by atoms with Crippen LogP contribution in [-0.2, 0) is 6.42 Å². The van der Waals surface area contributed by atoms with Crippen molar-refractivity contribution in [2.24, 2.45) is 5.92 Å². The molecule has 0 aliphatic heterocycles. The van der Waals surface area contributed by atoms with E-state index in [1.165, 1.54) is 31.2 Å². The molecule has 0 nitrogen and oxygen atoms in total. The summed E-state index contributed by atoms with van der Waals surface area (Å²) in [5, 5.41) is 0.274. The SMILES string of the molecule is CCCC(CCC)C(Cl)Cc1ccc(Br)cc1. The van der Waals surface area contributed by atoms with Crippen LogP contribution in [0.25, 0.3) is 0 Å². The van der Waals surface area contributed by atoms with Crippen molar-refractivity contribution in [3.05, 3.63) is 34.3 Å². The Morgan fingerprint density at radius 2 is 1.59 bits per heavy atom. The van der Waals surface area contributed by atoms with Gasteiger partial charge in [0.2, 0.25) is 0 Å². The van der Waals surface area contributed by atoms with E-state index in [-0.39, 0.29) is 5.38 Å². The van der Waals surface area contributed by atoms with Gasteiger partial charge in [-0.05, 0) is 42.9 Å². The standard InChI is InChI=1S/C15H22BrCl/c1-3-5-13(6-4-2)15(17)11-12-7-9-14(16)10-8-12/h7-10,13,15H,3-6,11H2,1-2H3. The molecule has 1 aromatic carbocycles. The fourth-order valence-corrected chi connectivity index (χ4v) is 2.95. The maximum Gasteiger partial charge on any atom is 0.0404 e. The summed E-state index contributed by atoms with van der Waals surface area (Å²) in [6.45, 7) is 4.48. The van der Waals surface area contributed by atoms with Crippen LogP contribution in [-0.4, -0.2) is 5.38 Å². The van der Waals surface area contributed by atoms with E-state index in [0.29, 0.717) is 5.92 Å². The third-order valence-corrected chi connectivity index (χ3v) is 4.21. The quantitative estimate of drug-likeness (QED) is 0.556. The first-order valence-electron chi connectivity index (χ1n) is 6.55. The van der Waals surface area contributed by atoms with E-state index in [9.17, 15) is 0 Å². The first-order valence-corrected chi connectivity index (χ1v) is 7.78. The highest BCUT2D eigenvalue weighted by molar-refractivity contribution is 9.10. The molecule has 0 N–H and O–H groups in total. The van der Waals surface area contributed by atoms with Crippen LogP contribution in [0.1, 0.15) is 45.1 Å². The third-order valence-electron chi connectivity index (χ3n) is 3.17. The molecule has 0 saturated heterocycles. The molecule has 0 bridgehead atoms. The van der Waals surface area contributed by atoms with E-state index in [4.69, 9.17) is 11.6 Å². The van der Waals surface area contributed by atoms with Gasteiger partial charge in [0.1, 0.15) is 0 Å². The highest BCUT2D eigenvalue weighted by atomic mass is 79.9. The second kappa shape index (κ2) is 8.16. The van der Waals surface area contributed by atoms with Gasteiger partial charge < -0.3 is 0 Å². The second-order valence-electron chi connectivity index (χ2n) is 4.68. The number of hydrogen-bond donors (Lipinski definition) is 0. The van der Waals surface area contributed by atoms with Gasteiger partial charge in [-0.15, -0.1) is 11.6 Å². The number of alkyl halides is 1. The van der Waals surface area contributed by atoms with E-state index in [0.717, 1.165) is 10.9 Å². The molecule has 0 saturated carbocycles. The van der Waals surface area contributed by atoms with Gasteiger partial charge in [-0.2, -0.15) is 0 Å². The number of halogens is 2. The molecule has 1 aromatic rings. The minimum absolute atomic E-state index is 0.274. The van der Waals surface area contributed by atoms with Gasteiger partial charge in [-0.25, -0.2) is 0 Å². The van der Waals surface area contributed by atoms with Crippen LogP contribution in [0.4, 0.5) is 0 Å². The van der Waals surface area contributed by atoms with E-state index < -0.39 is 0 Å². The zero-order valence-corrected chi connectivity index (χ0v) is 13.1. The van der Waals surface area contributed by atoms with Gasteiger partial charge in [0.15, 0.2) is 0 Å². The zero-order valence-electron chi connectivity index (χ0n) is 10.8. The third kappa shape index (κ3) is 5.44. The summed E-state index contributed by atoms with van der Waals surface area (Å²) in [4.78, 5) is 0. The maximum atomic E-state index is 6.57. The van der Waals surface area contributed by atoms with Crippen LogP contribution < -0.4 is 0 Å². The summed E-state index contributed by atoms with van der Waals surface area (Å²) in [5.41, 5.74) is 1.34. The minimum atomic E-state index is 0.274. The van der Waals surface area contributed by atoms with Crippen molar-refractivity contribution in [3.8, 4) is 0 Å². The van der Waals surface area contributed by atoms with Gasteiger partial charge in [0.25, 0.3) is 0 Å². The van der Waals surface area contributed by atoms with Gasteiger partial charge in [-0.1, -0.05) is 54.8 Å². The topological polar surface area (TPSA) is 0 Å². The number of rotatable bonds is 7. The lowest BCUT2D eigenvalue weighted by Crippen LogP contribution is -2.17. The maximum absolute atomic E-state index is 6.57. The predicted molar refractivity (Wildman–Crippen MR) is 80.8 cm³/mol. The average molecular weight is 318 g/mol. The first kappa shape index (κ1) is 15.0. The molecule has 2 heteroatoms. The largest absolute Gasteiger partial charge is 0.122 e. The van der Waals surface area contributed by atoms with Crippen LogP contribution in [0.5, 0.6) is 0 Å². The van der Waals surface area contributed by atoms with Crippen molar-refractivity contribution in [1.82, 2.24) is 0 Å². The molecule has 0 amide bonds. The molecule has 1 rings (SSSR count). The number of benzene rings is 1. The van der Waals surface area contributed by atoms with Crippen molar-refractivity contribution < 1.29 is 0 Å². The summed E-state index contributed by atoms with van der Waals surface area (Å²) >= 11 is 10.0. The molecule has 0 spiro atoms. The van der Waals surface area contributed by atoms with Crippen LogP contribution in [0, 0.1) is 5.92 Å². The molecule has 1 atom stereocenters. The molecule has 96 valence electrons. The lowest BCUT2D eigenvalue weighted by Gasteiger charge is -2.21. The van der Waals surface area contributed by atoms with Crippen LogP contribution in [0.15, 0.2) is 28.7 Å². The van der Waals surface area contributed by atoms with Crippen LogP contribution in [0.2, 0.25) is 0 Å². The summed E-state index contributed by atoms with van der Waals surface area (Å²) in [6, 6.07) is 8.50.